The van der Waals surface area contributed by atoms with Gasteiger partial charge in [0, 0.05) is 32.2 Å². The van der Waals surface area contributed by atoms with E-state index < -0.39 is 23.7 Å². The average Bonchev–Trinajstić information content (AvgIpc) is 3.15. The fourth-order valence-electron chi connectivity index (χ4n) is 3.15. The van der Waals surface area contributed by atoms with Crippen molar-refractivity contribution in [2.24, 2.45) is 0 Å². The van der Waals surface area contributed by atoms with Gasteiger partial charge < -0.3 is 24.8 Å². The van der Waals surface area contributed by atoms with Crippen LogP contribution in [0, 0.1) is 6.92 Å². The Hall–Kier alpha value is -3.12. The van der Waals surface area contributed by atoms with Crippen LogP contribution in [0.15, 0.2) is 34.9 Å². The molecule has 2 heterocycles. The van der Waals surface area contributed by atoms with Crippen molar-refractivity contribution in [1.82, 2.24) is 15.0 Å². The molecule has 1 saturated heterocycles. The van der Waals surface area contributed by atoms with Crippen molar-refractivity contribution in [1.29, 1.82) is 0 Å². The number of carbonyl (C=O) groups excluding carboxylic acids is 2. The molecule has 0 aliphatic carbocycles. The number of aryl methyl sites for hydroxylation is 1. The van der Waals surface area contributed by atoms with Crippen LogP contribution in [-0.4, -0.2) is 72.8 Å². The number of para-hydroxylation sites is 1. The molecule has 3 amide bonds. The number of aromatic nitrogens is 1. The van der Waals surface area contributed by atoms with Gasteiger partial charge >= 0.3 is 12.2 Å². The molecule has 0 atom stereocenters. The second-order valence-electron chi connectivity index (χ2n) is 7.22. The average molecular weight is 455 g/mol. The molecule has 1 aromatic carbocycles. The number of urea groups is 1. The van der Waals surface area contributed by atoms with Crippen molar-refractivity contribution in [3.05, 3.63) is 41.7 Å². The summed E-state index contributed by atoms with van der Waals surface area (Å²) in [6.45, 7) is 4.28. The number of morpholine rings is 1. The number of halogens is 3. The van der Waals surface area contributed by atoms with Gasteiger partial charge in [-0.05, 0) is 19.1 Å². The van der Waals surface area contributed by atoms with Gasteiger partial charge in [-0.15, -0.1) is 0 Å². The minimum absolute atomic E-state index is 0.130. The zero-order chi connectivity index (χ0) is 23.1. The molecule has 1 aliphatic rings. The molecule has 1 fully saturated rings. The fourth-order valence-corrected chi connectivity index (χ4v) is 3.15. The first-order valence-corrected chi connectivity index (χ1v) is 9.98. The van der Waals surface area contributed by atoms with Gasteiger partial charge in [-0.3, -0.25) is 9.69 Å². The van der Waals surface area contributed by atoms with Crippen LogP contribution in [0.25, 0.3) is 0 Å². The van der Waals surface area contributed by atoms with Gasteiger partial charge in [0.15, 0.2) is 5.82 Å². The summed E-state index contributed by atoms with van der Waals surface area (Å²) in [6.07, 6.45) is -4.63. The number of carbonyl (C=O) groups is 2. The van der Waals surface area contributed by atoms with Gasteiger partial charge in [-0.2, -0.15) is 13.2 Å². The maximum absolute atomic E-state index is 13.3. The van der Waals surface area contributed by atoms with Crippen molar-refractivity contribution in [3.63, 3.8) is 0 Å². The number of benzene rings is 1. The van der Waals surface area contributed by atoms with Crippen LogP contribution in [0.1, 0.15) is 11.3 Å². The zero-order valence-electron chi connectivity index (χ0n) is 17.4. The summed E-state index contributed by atoms with van der Waals surface area (Å²) in [5.41, 5.74) is -1.35. The second kappa shape index (κ2) is 10.5. The van der Waals surface area contributed by atoms with Crippen molar-refractivity contribution in [2.45, 2.75) is 13.1 Å². The fraction of sp³-hybridized carbons (Fsp3) is 0.450. The highest BCUT2D eigenvalue weighted by Crippen LogP contribution is 2.34. The summed E-state index contributed by atoms with van der Waals surface area (Å²) >= 11 is 0. The number of nitrogens with zero attached hydrogens (tertiary/aromatic N) is 3. The number of rotatable bonds is 7. The number of anilines is 2. The predicted molar refractivity (Wildman–Crippen MR) is 109 cm³/mol. The number of hydrogen-bond acceptors (Lipinski definition) is 6. The summed E-state index contributed by atoms with van der Waals surface area (Å²) < 4.78 is 50.0. The van der Waals surface area contributed by atoms with Gasteiger partial charge in [0.2, 0.25) is 5.91 Å². The van der Waals surface area contributed by atoms with E-state index in [1.54, 1.807) is 6.92 Å². The zero-order valence-corrected chi connectivity index (χ0v) is 17.4. The minimum Gasteiger partial charge on any atom is -0.379 e. The SMILES string of the molecule is Cc1cc(NC(=O)CN(CCN2CCOCC2)C(=O)Nc2ccccc2C(F)(F)F)no1. The molecule has 32 heavy (non-hydrogen) atoms. The van der Waals surface area contributed by atoms with Crippen LogP contribution in [0.2, 0.25) is 0 Å². The van der Waals surface area contributed by atoms with Crippen LogP contribution < -0.4 is 10.6 Å². The first kappa shape index (κ1) is 23.5. The predicted octanol–water partition coefficient (Wildman–Crippen LogP) is 2.81. The third-order valence-electron chi connectivity index (χ3n) is 4.78. The molecule has 0 saturated carbocycles. The number of alkyl halides is 3. The third-order valence-corrected chi connectivity index (χ3v) is 4.78. The van der Waals surface area contributed by atoms with Gasteiger partial charge in [-0.25, -0.2) is 4.79 Å². The Morgan fingerprint density at radius 1 is 1.19 bits per heavy atom. The smallest absolute Gasteiger partial charge is 0.379 e. The van der Waals surface area contributed by atoms with Crippen LogP contribution in [-0.2, 0) is 15.7 Å². The monoisotopic (exact) mass is 455 g/mol. The highest BCUT2D eigenvalue weighted by Gasteiger charge is 2.34. The maximum atomic E-state index is 13.3. The van der Waals surface area contributed by atoms with E-state index in [1.165, 1.54) is 24.3 Å². The molecule has 174 valence electrons. The summed E-state index contributed by atoms with van der Waals surface area (Å²) in [7, 11) is 0. The standard InChI is InChI=1S/C20H24F3N5O4/c1-14-12-17(26-32-14)25-18(29)13-28(7-6-27-8-10-31-11-9-27)19(30)24-16-5-3-2-4-15(16)20(21,22)23/h2-5,12H,6-11,13H2,1H3,(H,24,30)(H,25,26,29). The summed E-state index contributed by atoms with van der Waals surface area (Å²) in [5, 5.41) is 8.45. The van der Waals surface area contributed by atoms with E-state index in [0.717, 1.165) is 11.0 Å². The van der Waals surface area contributed by atoms with E-state index in [9.17, 15) is 22.8 Å². The van der Waals surface area contributed by atoms with Gasteiger partial charge in [0.25, 0.3) is 0 Å². The molecule has 12 heteroatoms. The number of nitrogens with one attached hydrogen (secondary N) is 2. The first-order valence-electron chi connectivity index (χ1n) is 9.98. The van der Waals surface area contributed by atoms with Crippen LogP contribution >= 0.6 is 0 Å². The Morgan fingerprint density at radius 2 is 1.91 bits per heavy atom. The lowest BCUT2D eigenvalue weighted by Gasteiger charge is -2.30. The highest BCUT2D eigenvalue weighted by molar-refractivity contribution is 5.96. The lowest BCUT2D eigenvalue weighted by atomic mass is 10.1. The van der Waals surface area contributed by atoms with E-state index in [-0.39, 0.29) is 24.6 Å². The van der Waals surface area contributed by atoms with Crippen molar-refractivity contribution in [3.8, 4) is 0 Å². The van der Waals surface area contributed by atoms with Gasteiger partial charge in [-0.1, -0.05) is 17.3 Å². The van der Waals surface area contributed by atoms with E-state index in [1.807, 2.05) is 4.90 Å². The van der Waals surface area contributed by atoms with Gasteiger partial charge in [0.05, 0.1) is 24.5 Å². The molecule has 0 unspecified atom stereocenters. The van der Waals surface area contributed by atoms with Crippen LogP contribution in [0.3, 0.4) is 0 Å². The third kappa shape index (κ3) is 6.69. The summed E-state index contributed by atoms with van der Waals surface area (Å²) in [6, 6.07) is 5.37. The first-order chi connectivity index (χ1) is 15.2. The van der Waals surface area contributed by atoms with E-state index >= 15 is 0 Å². The highest BCUT2D eigenvalue weighted by atomic mass is 19.4. The molecule has 0 spiro atoms. The molecule has 2 N–H and O–H groups in total. The minimum atomic E-state index is -4.63. The van der Waals surface area contributed by atoms with Crippen LogP contribution in [0.5, 0.6) is 0 Å². The van der Waals surface area contributed by atoms with E-state index in [4.69, 9.17) is 9.26 Å². The molecule has 2 aromatic rings. The topological polar surface area (TPSA) is 99.9 Å². The molecule has 9 nitrogen and oxygen atoms in total. The van der Waals surface area contributed by atoms with Crippen molar-refractivity contribution >= 4 is 23.4 Å². The Morgan fingerprint density at radius 3 is 2.56 bits per heavy atom. The normalized spacial score (nSPS) is 14.8. The van der Waals surface area contributed by atoms with E-state index in [0.29, 0.717) is 38.6 Å². The molecular weight excluding hydrogens is 431 g/mol. The van der Waals surface area contributed by atoms with E-state index in [2.05, 4.69) is 15.8 Å². The Labute approximate surface area is 182 Å². The lowest BCUT2D eigenvalue weighted by Crippen LogP contribution is -2.46. The maximum Gasteiger partial charge on any atom is 0.418 e. The molecule has 1 aliphatic heterocycles. The van der Waals surface area contributed by atoms with Crippen molar-refractivity contribution in [2.75, 3.05) is 56.6 Å². The number of ether oxygens (including phenoxy) is 1. The molecule has 1 aromatic heterocycles. The quantitative estimate of drug-likeness (QED) is 0.666. The van der Waals surface area contributed by atoms with Crippen molar-refractivity contribution < 1.29 is 32.0 Å². The Bertz CT molecular complexity index is 928. The summed E-state index contributed by atoms with van der Waals surface area (Å²) in [5.74, 6) is 0.119. The molecule has 3 rings (SSSR count). The number of amides is 3. The largest absolute Gasteiger partial charge is 0.418 e. The lowest BCUT2D eigenvalue weighted by molar-refractivity contribution is -0.137. The molecule has 0 bridgehead atoms. The number of hydrogen-bond donors (Lipinski definition) is 2. The van der Waals surface area contributed by atoms with Gasteiger partial charge in [0.1, 0.15) is 12.3 Å². The Balaban J connectivity index is 1.70. The second-order valence-corrected chi connectivity index (χ2v) is 7.22. The molecule has 0 radical (unpaired) electrons. The Kier molecular flexibility index (Phi) is 7.70. The molecular formula is C20H24F3N5O4. The summed E-state index contributed by atoms with van der Waals surface area (Å²) in [4.78, 5) is 28.5. The van der Waals surface area contributed by atoms with Crippen LogP contribution in [0.4, 0.5) is 29.5 Å².